The molecule has 0 aromatic rings. The van der Waals surface area contributed by atoms with Crippen LogP contribution in [-0.2, 0) is 4.79 Å². The first-order valence-corrected chi connectivity index (χ1v) is 6.59. The quantitative estimate of drug-likeness (QED) is 0.826. The van der Waals surface area contributed by atoms with E-state index in [1.807, 2.05) is 7.05 Å². The van der Waals surface area contributed by atoms with Crippen molar-refractivity contribution < 1.29 is 4.79 Å². The molecule has 1 saturated carbocycles. The third-order valence-electron chi connectivity index (χ3n) is 3.23. The zero-order valence-electron chi connectivity index (χ0n) is 11.4. The topological polar surface area (TPSA) is 32.3 Å². The number of nitrogens with zero attached hydrogens (tertiary/aromatic N) is 1. The van der Waals surface area contributed by atoms with Crippen LogP contribution < -0.4 is 5.32 Å². The van der Waals surface area contributed by atoms with Crippen LogP contribution in [0.4, 0.5) is 0 Å². The molecule has 3 nitrogen and oxygen atoms in total. The standard InChI is InChI=1S/C13H26N2O.ClH/c1-11(2)10-15(13(16)9-14-3)12-7-5-4-6-8-12;/h11-12,14H,4-10H2,1-3H3;1H. The van der Waals surface area contributed by atoms with Crippen molar-refractivity contribution in [2.75, 3.05) is 20.1 Å². The minimum Gasteiger partial charge on any atom is -0.338 e. The van der Waals surface area contributed by atoms with E-state index in [1.165, 1.54) is 32.1 Å². The first-order chi connectivity index (χ1) is 7.65. The van der Waals surface area contributed by atoms with Gasteiger partial charge in [-0.3, -0.25) is 4.79 Å². The van der Waals surface area contributed by atoms with E-state index in [0.717, 1.165) is 6.54 Å². The Balaban J connectivity index is 0.00000256. The largest absolute Gasteiger partial charge is 0.338 e. The third kappa shape index (κ3) is 5.73. The van der Waals surface area contributed by atoms with Gasteiger partial charge in [-0.05, 0) is 25.8 Å². The van der Waals surface area contributed by atoms with Gasteiger partial charge in [0.1, 0.15) is 0 Å². The number of nitrogens with one attached hydrogen (secondary N) is 1. The molecule has 1 N–H and O–H groups in total. The molecule has 0 unspecified atom stereocenters. The Morgan fingerprint density at radius 3 is 2.35 bits per heavy atom. The maximum absolute atomic E-state index is 12.0. The predicted octanol–water partition coefficient (Wildman–Crippen LogP) is 2.44. The van der Waals surface area contributed by atoms with Crippen LogP contribution >= 0.6 is 12.4 Å². The van der Waals surface area contributed by atoms with Crippen molar-refractivity contribution in [3.05, 3.63) is 0 Å². The number of rotatable bonds is 5. The fraction of sp³-hybridized carbons (Fsp3) is 0.923. The number of amides is 1. The summed E-state index contributed by atoms with van der Waals surface area (Å²) in [6.45, 7) is 5.75. The lowest BCUT2D eigenvalue weighted by molar-refractivity contribution is -0.133. The molecule has 1 aliphatic rings. The summed E-state index contributed by atoms with van der Waals surface area (Å²) in [4.78, 5) is 14.2. The molecule has 102 valence electrons. The molecule has 0 radical (unpaired) electrons. The number of halogens is 1. The van der Waals surface area contributed by atoms with Gasteiger partial charge in [0.25, 0.3) is 0 Å². The van der Waals surface area contributed by atoms with Crippen molar-refractivity contribution in [3.8, 4) is 0 Å². The van der Waals surface area contributed by atoms with Crippen molar-refractivity contribution in [1.82, 2.24) is 10.2 Å². The molecule has 0 atom stereocenters. The molecule has 0 aromatic carbocycles. The van der Waals surface area contributed by atoms with Gasteiger partial charge in [-0.25, -0.2) is 0 Å². The zero-order chi connectivity index (χ0) is 12.0. The highest BCUT2D eigenvalue weighted by molar-refractivity contribution is 5.85. The Hall–Kier alpha value is -0.280. The lowest BCUT2D eigenvalue weighted by Gasteiger charge is -2.35. The summed E-state index contributed by atoms with van der Waals surface area (Å²) >= 11 is 0. The van der Waals surface area contributed by atoms with Crippen LogP contribution in [0.1, 0.15) is 46.0 Å². The Bertz CT molecular complexity index is 215. The molecule has 0 saturated heterocycles. The van der Waals surface area contributed by atoms with Crippen LogP contribution in [0.15, 0.2) is 0 Å². The third-order valence-corrected chi connectivity index (χ3v) is 3.23. The highest BCUT2D eigenvalue weighted by Crippen LogP contribution is 2.23. The van der Waals surface area contributed by atoms with E-state index in [0.29, 0.717) is 18.5 Å². The summed E-state index contributed by atoms with van der Waals surface area (Å²) in [6.07, 6.45) is 6.30. The fourth-order valence-corrected chi connectivity index (χ4v) is 2.49. The SMILES string of the molecule is CNCC(=O)N(CC(C)C)C1CCCCC1.Cl. The normalized spacial score (nSPS) is 16.7. The van der Waals surface area contributed by atoms with Gasteiger partial charge in [-0.15, -0.1) is 12.4 Å². The molecule has 1 fully saturated rings. The lowest BCUT2D eigenvalue weighted by Crippen LogP contribution is -2.46. The summed E-state index contributed by atoms with van der Waals surface area (Å²) in [7, 11) is 1.84. The summed E-state index contributed by atoms with van der Waals surface area (Å²) in [6, 6.07) is 0.497. The number of carbonyl (C=O) groups is 1. The molecule has 0 spiro atoms. The minimum atomic E-state index is 0. The first-order valence-electron chi connectivity index (χ1n) is 6.59. The smallest absolute Gasteiger partial charge is 0.236 e. The summed E-state index contributed by atoms with van der Waals surface area (Å²) in [5.41, 5.74) is 0. The average molecular weight is 263 g/mol. The van der Waals surface area contributed by atoms with E-state index in [1.54, 1.807) is 0 Å². The molecule has 1 rings (SSSR count). The van der Waals surface area contributed by atoms with E-state index in [-0.39, 0.29) is 18.3 Å². The Labute approximate surface area is 112 Å². The van der Waals surface area contributed by atoms with Crippen LogP contribution in [0.5, 0.6) is 0 Å². The molecular weight excluding hydrogens is 236 g/mol. The highest BCUT2D eigenvalue weighted by atomic mass is 35.5. The van der Waals surface area contributed by atoms with Crippen LogP contribution in [0.3, 0.4) is 0 Å². The maximum atomic E-state index is 12.0. The summed E-state index contributed by atoms with van der Waals surface area (Å²) in [5, 5.41) is 2.97. The van der Waals surface area contributed by atoms with Crippen LogP contribution in [0.25, 0.3) is 0 Å². The summed E-state index contributed by atoms with van der Waals surface area (Å²) in [5.74, 6) is 0.825. The van der Waals surface area contributed by atoms with E-state index in [9.17, 15) is 4.79 Å². The Morgan fingerprint density at radius 1 is 1.29 bits per heavy atom. The first kappa shape index (κ1) is 16.7. The van der Waals surface area contributed by atoms with Crippen LogP contribution in [0.2, 0.25) is 0 Å². The number of carbonyl (C=O) groups excluding carboxylic acids is 1. The van der Waals surface area contributed by atoms with Crippen molar-refractivity contribution in [3.63, 3.8) is 0 Å². The van der Waals surface area contributed by atoms with E-state index < -0.39 is 0 Å². The molecular formula is C13H27ClN2O. The van der Waals surface area contributed by atoms with Crippen LogP contribution in [-0.4, -0.2) is 37.0 Å². The molecule has 0 heterocycles. The Morgan fingerprint density at radius 2 is 1.88 bits per heavy atom. The fourth-order valence-electron chi connectivity index (χ4n) is 2.49. The van der Waals surface area contributed by atoms with Crippen LogP contribution in [0, 0.1) is 5.92 Å². The highest BCUT2D eigenvalue weighted by Gasteiger charge is 2.25. The number of hydrogen-bond donors (Lipinski definition) is 1. The second-order valence-electron chi connectivity index (χ2n) is 5.26. The van der Waals surface area contributed by atoms with E-state index >= 15 is 0 Å². The minimum absolute atomic E-state index is 0. The molecule has 4 heteroatoms. The zero-order valence-corrected chi connectivity index (χ0v) is 12.2. The van der Waals surface area contributed by atoms with Gasteiger partial charge in [0.05, 0.1) is 6.54 Å². The molecule has 1 aliphatic carbocycles. The molecule has 0 aromatic heterocycles. The monoisotopic (exact) mass is 262 g/mol. The molecule has 17 heavy (non-hydrogen) atoms. The van der Waals surface area contributed by atoms with Crippen molar-refractivity contribution in [2.24, 2.45) is 5.92 Å². The number of hydrogen-bond acceptors (Lipinski definition) is 2. The lowest BCUT2D eigenvalue weighted by atomic mass is 9.93. The van der Waals surface area contributed by atoms with Gasteiger partial charge in [0.15, 0.2) is 0 Å². The summed E-state index contributed by atoms with van der Waals surface area (Å²) < 4.78 is 0. The van der Waals surface area contributed by atoms with Gasteiger partial charge in [0, 0.05) is 12.6 Å². The maximum Gasteiger partial charge on any atom is 0.236 e. The average Bonchev–Trinajstić information content (AvgIpc) is 2.27. The van der Waals surface area contributed by atoms with Gasteiger partial charge < -0.3 is 10.2 Å². The second kappa shape index (κ2) is 8.76. The molecule has 0 aliphatic heterocycles. The second-order valence-corrected chi connectivity index (χ2v) is 5.26. The molecule has 1 amide bonds. The van der Waals surface area contributed by atoms with Crippen molar-refractivity contribution >= 4 is 18.3 Å². The van der Waals surface area contributed by atoms with Gasteiger partial charge in [-0.2, -0.15) is 0 Å². The van der Waals surface area contributed by atoms with Crippen molar-refractivity contribution in [1.29, 1.82) is 0 Å². The van der Waals surface area contributed by atoms with E-state index in [2.05, 4.69) is 24.1 Å². The van der Waals surface area contributed by atoms with Crippen molar-refractivity contribution in [2.45, 2.75) is 52.0 Å². The van der Waals surface area contributed by atoms with Gasteiger partial charge in [0.2, 0.25) is 5.91 Å². The number of likely N-dealkylation sites (N-methyl/N-ethyl adjacent to an activating group) is 1. The predicted molar refractivity (Wildman–Crippen MR) is 74.6 cm³/mol. The van der Waals surface area contributed by atoms with E-state index in [4.69, 9.17) is 0 Å². The Kier molecular flexibility index (Phi) is 8.61. The van der Waals surface area contributed by atoms with Gasteiger partial charge >= 0.3 is 0 Å². The molecule has 0 bridgehead atoms. The van der Waals surface area contributed by atoms with Gasteiger partial charge in [-0.1, -0.05) is 33.1 Å².